The van der Waals surface area contributed by atoms with Gasteiger partial charge in [-0.15, -0.1) is 0 Å². The second kappa shape index (κ2) is 6.05. The summed E-state index contributed by atoms with van der Waals surface area (Å²) in [5.74, 6) is 0. The molecule has 2 fully saturated rings. The largest absolute Gasteiger partial charge is 0.243 e. The molecule has 4 rings (SSSR count). The molecule has 1 aliphatic heterocycles. The Balaban J connectivity index is 1.54. The molecule has 0 unspecified atom stereocenters. The first kappa shape index (κ1) is 17.0. The van der Waals surface area contributed by atoms with E-state index < -0.39 is 20.0 Å². The lowest BCUT2D eigenvalue weighted by Gasteiger charge is -2.33. The molecule has 2 aromatic carbocycles. The summed E-state index contributed by atoms with van der Waals surface area (Å²) in [6.07, 6.45) is 1.44. The average molecular weight is 380 g/mol. The van der Waals surface area contributed by atoms with Crippen molar-refractivity contribution in [2.24, 2.45) is 0 Å². The number of nitrogens with zero attached hydrogens (tertiary/aromatic N) is 2. The maximum Gasteiger partial charge on any atom is 0.243 e. The first-order valence-corrected chi connectivity index (χ1v) is 11.3. The van der Waals surface area contributed by atoms with Gasteiger partial charge >= 0.3 is 0 Å². The van der Waals surface area contributed by atoms with E-state index in [0.717, 1.165) is 23.6 Å². The minimum absolute atomic E-state index is 0.196. The zero-order chi connectivity index (χ0) is 17.7. The topological polar surface area (TPSA) is 74.8 Å². The third-order valence-electron chi connectivity index (χ3n) is 4.86. The fourth-order valence-electron chi connectivity index (χ4n) is 3.22. The average Bonchev–Trinajstić information content (AvgIpc) is 3.47. The van der Waals surface area contributed by atoms with Crippen LogP contribution in [0.15, 0.2) is 47.4 Å². The SMILES string of the molecule is O=S(=O)(c1ccc2ccccc2c1)N1CCN(S(=O)(=O)C2CC2)CC1. The van der Waals surface area contributed by atoms with Gasteiger partial charge in [-0.05, 0) is 35.7 Å². The van der Waals surface area contributed by atoms with Gasteiger partial charge in [0.2, 0.25) is 20.0 Å². The number of benzene rings is 2. The number of sulfonamides is 2. The van der Waals surface area contributed by atoms with Gasteiger partial charge in [0.05, 0.1) is 10.1 Å². The Kier molecular flexibility index (Phi) is 4.10. The Hall–Kier alpha value is -1.48. The number of rotatable bonds is 4. The second-order valence-electron chi connectivity index (χ2n) is 6.56. The predicted octanol–water partition coefficient (Wildman–Crippen LogP) is 1.64. The lowest BCUT2D eigenvalue weighted by molar-refractivity contribution is 0.272. The molecule has 1 heterocycles. The molecule has 6 nitrogen and oxygen atoms in total. The molecule has 134 valence electrons. The van der Waals surface area contributed by atoms with Gasteiger partial charge in [0.25, 0.3) is 0 Å². The molecular formula is C17H20N2O4S2. The molecule has 1 saturated heterocycles. The molecule has 0 bridgehead atoms. The molecule has 0 spiro atoms. The van der Waals surface area contributed by atoms with Gasteiger partial charge < -0.3 is 0 Å². The van der Waals surface area contributed by atoms with E-state index in [2.05, 4.69) is 0 Å². The van der Waals surface area contributed by atoms with E-state index in [-0.39, 0.29) is 36.3 Å². The fraction of sp³-hybridized carbons (Fsp3) is 0.412. The van der Waals surface area contributed by atoms with E-state index in [1.165, 1.54) is 8.61 Å². The highest BCUT2D eigenvalue weighted by Gasteiger charge is 2.42. The maximum absolute atomic E-state index is 12.9. The van der Waals surface area contributed by atoms with E-state index in [9.17, 15) is 16.8 Å². The molecule has 0 aromatic heterocycles. The maximum atomic E-state index is 12.9. The summed E-state index contributed by atoms with van der Waals surface area (Å²) >= 11 is 0. The van der Waals surface area contributed by atoms with Gasteiger partial charge in [-0.1, -0.05) is 30.3 Å². The molecule has 0 radical (unpaired) electrons. The standard InChI is InChI=1S/C17H20N2O4S2/c20-24(21,16-7-8-16)18-9-11-19(12-10-18)25(22,23)17-6-5-14-3-1-2-4-15(14)13-17/h1-6,13,16H,7-12H2. The van der Waals surface area contributed by atoms with Crippen molar-refractivity contribution in [3.63, 3.8) is 0 Å². The minimum Gasteiger partial charge on any atom is -0.212 e. The van der Waals surface area contributed by atoms with Crippen molar-refractivity contribution in [3.05, 3.63) is 42.5 Å². The Morgan fingerprint density at radius 1 is 0.760 bits per heavy atom. The number of hydrogen-bond donors (Lipinski definition) is 0. The fourth-order valence-corrected chi connectivity index (χ4v) is 6.50. The van der Waals surface area contributed by atoms with Crippen molar-refractivity contribution in [1.82, 2.24) is 8.61 Å². The summed E-state index contributed by atoms with van der Waals surface area (Å²) in [5, 5.41) is 1.61. The summed E-state index contributed by atoms with van der Waals surface area (Å²) in [5.41, 5.74) is 0. The van der Waals surface area contributed by atoms with E-state index in [1.54, 1.807) is 18.2 Å². The van der Waals surface area contributed by atoms with Gasteiger partial charge in [-0.25, -0.2) is 16.8 Å². The molecule has 2 aliphatic rings. The third-order valence-corrected chi connectivity index (χ3v) is 9.16. The first-order chi connectivity index (χ1) is 11.9. The highest BCUT2D eigenvalue weighted by atomic mass is 32.2. The van der Waals surface area contributed by atoms with Crippen LogP contribution in [0.2, 0.25) is 0 Å². The van der Waals surface area contributed by atoms with E-state index in [4.69, 9.17) is 0 Å². The van der Waals surface area contributed by atoms with Crippen LogP contribution in [0.5, 0.6) is 0 Å². The van der Waals surface area contributed by atoms with Gasteiger partial charge in [-0.3, -0.25) is 0 Å². The zero-order valence-electron chi connectivity index (χ0n) is 13.7. The van der Waals surface area contributed by atoms with Crippen LogP contribution < -0.4 is 0 Å². The van der Waals surface area contributed by atoms with Crippen LogP contribution in [0.1, 0.15) is 12.8 Å². The van der Waals surface area contributed by atoms with Crippen molar-refractivity contribution in [1.29, 1.82) is 0 Å². The van der Waals surface area contributed by atoms with Crippen molar-refractivity contribution in [2.75, 3.05) is 26.2 Å². The number of piperazine rings is 1. The van der Waals surface area contributed by atoms with Crippen LogP contribution in [0.3, 0.4) is 0 Å². The number of hydrogen-bond acceptors (Lipinski definition) is 4. The predicted molar refractivity (Wildman–Crippen MR) is 96.2 cm³/mol. The Labute approximate surface area is 148 Å². The summed E-state index contributed by atoms with van der Waals surface area (Å²) in [6.45, 7) is 0.847. The van der Waals surface area contributed by atoms with Gasteiger partial charge in [-0.2, -0.15) is 8.61 Å². The lowest BCUT2D eigenvalue weighted by atomic mass is 10.1. The summed E-state index contributed by atoms with van der Waals surface area (Å²) in [7, 11) is -6.85. The zero-order valence-corrected chi connectivity index (χ0v) is 15.3. The van der Waals surface area contributed by atoms with Crippen molar-refractivity contribution in [2.45, 2.75) is 23.0 Å². The van der Waals surface area contributed by atoms with Crippen LogP contribution in [-0.2, 0) is 20.0 Å². The van der Waals surface area contributed by atoms with Gasteiger partial charge in [0, 0.05) is 26.2 Å². The summed E-state index contributed by atoms with van der Waals surface area (Å²) in [4.78, 5) is 0.254. The lowest BCUT2D eigenvalue weighted by Crippen LogP contribution is -2.51. The molecule has 0 atom stereocenters. The number of fused-ring (bicyclic) bond motifs is 1. The van der Waals surface area contributed by atoms with Crippen LogP contribution in [0.4, 0.5) is 0 Å². The van der Waals surface area contributed by atoms with Crippen molar-refractivity contribution in [3.8, 4) is 0 Å². The van der Waals surface area contributed by atoms with Crippen LogP contribution in [0, 0.1) is 0 Å². The van der Waals surface area contributed by atoms with Crippen molar-refractivity contribution >= 4 is 30.8 Å². The molecule has 0 amide bonds. The summed E-state index contributed by atoms with van der Waals surface area (Å²) < 4.78 is 53.2. The monoisotopic (exact) mass is 380 g/mol. The highest BCUT2D eigenvalue weighted by molar-refractivity contribution is 7.90. The van der Waals surface area contributed by atoms with Gasteiger partial charge in [0.1, 0.15) is 0 Å². The van der Waals surface area contributed by atoms with Crippen molar-refractivity contribution < 1.29 is 16.8 Å². The smallest absolute Gasteiger partial charge is 0.212 e. The quantitative estimate of drug-likeness (QED) is 0.808. The molecule has 25 heavy (non-hydrogen) atoms. The molecule has 2 aromatic rings. The minimum atomic E-state index is -3.62. The van der Waals surface area contributed by atoms with E-state index >= 15 is 0 Å². The second-order valence-corrected chi connectivity index (χ2v) is 10.7. The normalized spacial score (nSPS) is 20.8. The Morgan fingerprint density at radius 2 is 1.36 bits per heavy atom. The Morgan fingerprint density at radius 3 is 2.00 bits per heavy atom. The molecule has 8 heteroatoms. The van der Waals surface area contributed by atoms with E-state index in [0.29, 0.717) is 0 Å². The third kappa shape index (κ3) is 3.08. The first-order valence-electron chi connectivity index (χ1n) is 8.37. The molecular weight excluding hydrogens is 360 g/mol. The van der Waals surface area contributed by atoms with Crippen LogP contribution >= 0.6 is 0 Å². The van der Waals surface area contributed by atoms with Gasteiger partial charge in [0.15, 0.2) is 0 Å². The molecule has 0 N–H and O–H groups in total. The molecule has 1 saturated carbocycles. The Bertz CT molecular complexity index is 1010. The summed E-state index contributed by atoms with van der Waals surface area (Å²) in [6, 6.07) is 12.7. The highest BCUT2D eigenvalue weighted by Crippen LogP contribution is 2.32. The van der Waals surface area contributed by atoms with Crippen LogP contribution in [-0.4, -0.2) is 56.9 Å². The molecule has 1 aliphatic carbocycles. The van der Waals surface area contributed by atoms with Crippen LogP contribution in [0.25, 0.3) is 10.8 Å². The van der Waals surface area contributed by atoms with E-state index in [1.807, 2.05) is 24.3 Å².